The van der Waals surface area contributed by atoms with Crippen LogP contribution in [0.25, 0.3) is 5.57 Å². The monoisotopic (exact) mass is 561 g/mol. The van der Waals surface area contributed by atoms with Crippen molar-refractivity contribution in [3.8, 4) is 5.75 Å². The summed E-state index contributed by atoms with van der Waals surface area (Å²) in [6.07, 6.45) is 12.3. The zero-order chi connectivity index (χ0) is 29.3. The first-order chi connectivity index (χ1) is 20.6. The molecule has 5 rings (SSSR count). The molecule has 1 aliphatic carbocycles. The number of aryl methyl sites for hydroxylation is 1. The number of allylic oxidation sites excluding steroid dienone is 6. The Morgan fingerprint density at radius 3 is 2.36 bits per heavy atom. The molecule has 0 unspecified atom stereocenters. The van der Waals surface area contributed by atoms with Crippen molar-refractivity contribution in [3.63, 3.8) is 0 Å². The molecule has 4 nitrogen and oxygen atoms in total. The number of rotatable bonds is 11. The van der Waals surface area contributed by atoms with Crippen LogP contribution in [-0.4, -0.2) is 33.6 Å². The molecule has 0 N–H and O–H groups in total. The molecule has 1 aliphatic heterocycles. The molecule has 4 heteroatoms. The average molecular weight is 562 g/mol. The molecular weight excluding hydrogens is 518 g/mol. The van der Waals surface area contributed by atoms with E-state index < -0.39 is 0 Å². The lowest BCUT2D eigenvalue weighted by atomic mass is 9.79. The molecule has 218 valence electrons. The van der Waals surface area contributed by atoms with E-state index in [1.165, 1.54) is 44.7 Å². The summed E-state index contributed by atoms with van der Waals surface area (Å²) in [5, 5.41) is 0. The van der Waals surface area contributed by atoms with Crippen molar-refractivity contribution in [2.45, 2.75) is 45.5 Å². The number of methoxy groups -OCH3 is 2. The van der Waals surface area contributed by atoms with E-state index in [9.17, 15) is 0 Å². The molecule has 3 aromatic carbocycles. The molecule has 0 aromatic heterocycles. The minimum absolute atomic E-state index is 0.120. The maximum atomic E-state index is 6.20. The quantitative estimate of drug-likeness (QED) is 0.173. The summed E-state index contributed by atoms with van der Waals surface area (Å²) in [5.74, 6) is 1.35. The molecule has 42 heavy (non-hydrogen) atoms. The van der Waals surface area contributed by atoms with Crippen LogP contribution in [0, 0.1) is 5.92 Å². The number of benzene rings is 3. The van der Waals surface area contributed by atoms with Crippen molar-refractivity contribution in [2.75, 3.05) is 32.2 Å². The Morgan fingerprint density at radius 1 is 0.952 bits per heavy atom. The highest BCUT2D eigenvalue weighted by Gasteiger charge is 2.27. The second-order valence-electron chi connectivity index (χ2n) is 11.0. The molecule has 0 amide bonds. The number of hydrogen-bond donors (Lipinski definition) is 0. The Kier molecular flexibility index (Phi) is 10.1. The van der Waals surface area contributed by atoms with Gasteiger partial charge in [-0.25, -0.2) is 0 Å². The number of hydrogen-bond acceptors (Lipinski definition) is 4. The van der Waals surface area contributed by atoms with Crippen molar-refractivity contribution in [3.05, 3.63) is 137 Å². The summed E-state index contributed by atoms with van der Waals surface area (Å²) in [7, 11) is 3.46. The third-order valence-electron chi connectivity index (χ3n) is 8.44. The summed E-state index contributed by atoms with van der Waals surface area (Å²) >= 11 is 0. The molecule has 0 spiro atoms. The predicted octanol–water partition coefficient (Wildman–Crippen LogP) is 8.54. The number of ether oxygens (including phenoxy) is 3. The SMILES string of the molecule is C=C/C=C(\C=C/C)C1=C(c2ccc(N3CCC(C(OC)OC)CC3)cc2)c2ccc(OCc3ccccc3)cc2CC1. The Labute approximate surface area is 251 Å². The fraction of sp³-hybridized carbons (Fsp3) is 0.316. The first-order valence-electron chi connectivity index (χ1n) is 15.0. The molecule has 0 atom stereocenters. The van der Waals surface area contributed by atoms with Crippen LogP contribution in [0.15, 0.2) is 115 Å². The molecular formula is C38H43NO3. The van der Waals surface area contributed by atoms with Gasteiger partial charge in [0.2, 0.25) is 0 Å². The van der Waals surface area contributed by atoms with Crippen LogP contribution < -0.4 is 9.64 Å². The third kappa shape index (κ3) is 6.78. The van der Waals surface area contributed by atoms with Gasteiger partial charge in [-0.2, -0.15) is 0 Å². The van der Waals surface area contributed by atoms with E-state index in [0.29, 0.717) is 12.5 Å². The van der Waals surface area contributed by atoms with E-state index in [-0.39, 0.29) is 6.29 Å². The summed E-state index contributed by atoms with van der Waals surface area (Å²) in [5.41, 5.74) is 10.2. The first kappa shape index (κ1) is 29.6. The maximum Gasteiger partial charge on any atom is 0.159 e. The third-order valence-corrected chi connectivity index (χ3v) is 8.44. The number of anilines is 1. The van der Waals surface area contributed by atoms with Crippen LogP contribution in [0.1, 0.15) is 48.4 Å². The Balaban J connectivity index is 1.43. The summed E-state index contributed by atoms with van der Waals surface area (Å²) in [6.45, 7) is 8.64. The van der Waals surface area contributed by atoms with Crippen molar-refractivity contribution < 1.29 is 14.2 Å². The van der Waals surface area contributed by atoms with Gasteiger partial charge in [0.25, 0.3) is 0 Å². The highest BCUT2D eigenvalue weighted by atomic mass is 16.7. The highest BCUT2D eigenvalue weighted by molar-refractivity contribution is 5.88. The second-order valence-corrected chi connectivity index (χ2v) is 11.0. The van der Waals surface area contributed by atoms with E-state index in [1.807, 2.05) is 12.1 Å². The zero-order valence-electron chi connectivity index (χ0n) is 25.2. The Morgan fingerprint density at radius 2 is 1.69 bits per heavy atom. The van der Waals surface area contributed by atoms with Crippen molar-refractivity contribution in [2.24, 2.45) is 5.92 Å². The summed E-state index contributed by atoms with van der Waals surface area (Å²) in [6, 6.07) is 26.1. The minimum atomic E-state index is -0.120. The Hall–Kier alpha value is -3.86. The van der Waals surface area contributed by atoms with Crippen LogP contribution >= 0.6 is 0 Å². The number of nitrogens with zero attached hydrogens (tertiary/aromatic N) is 1. The van der Waals surface area contributed by atoms with Gasteiger partial charge < -0.3 is 19.1 Å². The molecule has 2 aliphatic rings. The van der Waals surface area contributed by atoms with Crippen LogP contribution in [0.5, 0.6) is 5.75 Å². The fourth-order valence-electron chi connectivity index (χ4n) is 6.33. The van der Waals surface area contributed by atoms with E-state index in [4.69, 9.17) is 14.2 Å². The van der Waals surface area contributed by atoms with Gasteiger partial charge in [0.15, 0.2) is 6.29 Å². The largest absolute Gasteiger partial charge is 0.489 e. The van der Waals surface area contributed by atoms with Crippen LogP contribution in [-0.2, 0) is 22.5 Å². The zero-order valence-corrected chi connectivity index (χ0v) is 25.2. The molecule has 1 fully saturated rings. The maximum absolute atomic E-state index is 6.20. The van der Waals surface area contributed by atoms with Crippen LogP contribution in [0.4, 0.5) is 5.69 Å². The molecule has 0 bridgehead atoms. The Bertz CT molecular complexity index is 1420. The van der Waals surface area contributed by atoms with E-state index in [2.05, 4.69) is 103 Å². The van der Waals surface area contributed by atoms with Crippen LogP contribution in [0.3, 0.4) is 0 Å². The molecule has 3 aromatic rings. The van der Waals surface area contributed by atoms with E-state index >= 15 is 0 Å². The van der Waals surface area contributed by atoms with Gasteiger partial charge in [-0.1, -0.05) is 79.4 Å². The lowest BCUT2D eigenvalue weighted by Crippen LogP contribution is -2.39. The lowest BCUT2D eigenvalue weighted by Gasteiger charge is -2.36. The van der Waals surface area contributed by atoms with Gasteiger partial charge in [0, 0.05) is 38.9 Å². The normalized spacial score (nSPS) is 16.3. The van der Waals surface area contributed by atoms with E-state index in [0.717, 1.165) is 44.5 Å². The predicted molar refractivity (Wildman–Crippen MR) is 174 cm³/mol. The lowest BCUT2D eigenvalue weighted by molar-refractivity contribution is -0.141. The van der Waals surface area contributed by atoms with Crippen LogP contribution in [0.2, 0.25) is 0 Å². The minimum Gasteiger partial charge on any atom is -0.489 e. The molecule has 0 saturated carbocycles. The van der Waals surface area contributed by atoms with E-state index in [1.54, 1.807) is 14.2 Å². The second kappa shape index (κ2) is 14.4. The summed E-state index contributed by atoms with van der Waals surface area (Å²) in [4.78, 5) is 2.48. The average Bonchev–Trinajstić information content (AvgIpc) is 3.04. The van der Waals surface area contributed by atoms with Crippen molar-refractivity contribution in [1.29, 1.82) is 0 Å². The number of fused-ring (bicyclic) bond motifs is 1. The van der Waals surface area contributed by atoms with Gasteiger partial charge in [-0.3, -0.25) is 0 Å². The van der Waals surface area contributed by atoms with Gasteiger partial charge in [-0.15, -0.1) is 0 Å². The fourth-order valence-corrected chi connectivity index (χ4v) is 6.33. The standard InChI is InChI=1S/C38H43NO3/c1-5-10-29(11-6-2)35-20-16-32-26-34(42-27-28-12-8-7-9-13-28)19-21-36(32)37(35)30-14-17-33(18-15-30)39-24-22-31(23-25-39)38(40-3)41-4/h5-15,17-19,21,26,31,38H,1,16,20,22-25,27H2,2-4H3/b11-6-,29-10+. The van der Waals surface area contributed by atoms with Gasteiger partial charge in [-0.05, 0) is 95.8 Å². The van der Waals surface area contributed by atoms with Crippen molar-refractivity contribution in [1.82, 2.24) is 0 Å². The molecule has 0 radical (unpaired) electrons. The van der Waals surface area contributed by atoms with Gasteiger partial charge in [0.1, 0.15) is 12.4 Å². The summed E-state index contributed by atoms with van der Waals surface area (Å²) < 4.78 is 17.3. The first-order valence-corrected chi connectivity index (χ1v) is 15.0. The van der Waals surface area contributed by atoms with Gasteiger partial charge in [0.05, 0.1) is 0 Å². The smallest absolute Gasteiger partial charge is 0.159 e. The number of piperidine rings is 1. The highest BCUT2D eigenvalue weighted by Crippen LogP contribution is 2.41. The molecule has 1 heterocycles. The van der Waals surface area contributed by atoms with Gasteiger partial charge >= 0.3 is 0 Å². The topological polar surface area (TPSA) is 30.9 Å². The van der Waals surface area contributed by atoms with Crippen molar-refractivity contribution >= 4 is 11.3 Å². The molecule has 1 saturated heterocycles.